The van der Waals surface area contributed by atoms with Gasteiger partial charge in [-0.05, 0) is 49.4 Å². The van der Waals surface area contributed by atoms with Gasteiger partial charge in [0, 0.05) is 0 Å². The fourth-order valence-corrected chi connectivity index (χ4v) is 4.36. The van der Waals surface area contributed by atoms with Crippen LogP contribution in [0.25, 0.3) is 0 Å². The molecule has 4 unspecified atom stereocenters. The van der Waals surface area contributed by atoms with Gasteiger partial charge in [-0.25, -0.2) is 0 Å². The molecule has 0 aliphatic heterocycles. The minimum Gasteiger partial charge on any atom is -0.0533 e. The van der Waals surface area contributed by atoms with Gasteiger partial charge in [-0.3, -0.25) is 0 Å². The molecule has 12 heavy (non-hydrogen) atoms. The van der Waals surface area contributed by atoms with Gasteiger partial charge in [0.15, 0.2) is 0 Å². The molecule has 0 spiro atoms. The Kier molecular flexibility index (Phi) is 1.70. The van der Waals surface area contributed by atoms with E-state index in [2.05, 4.69) is 0 Å². The second-order valence-corrected chi connectivity index (χ2v) is 5.22. The van der Waals surface area contributed by atoms with Crippen molar-refractivity contribution in [3.63, 3.8) is 0 Å². The van der Waals surface area contributed by atoms with Crippen molar-refractivity contribution >= 4 is 0 Å². The van der Waals surface area contributed by atoms with E-state index < -0.39 is 0 Å². The maximum atomic E-state index is 1.59. The Morgan fingerprint density at radius 1 is 0.417 bits per heavy atom. The molecular weight excluding hydrogens is 144 g/mol. The average Bonchev–Trinajstić information content (AvgIpc) is 2.37. The van der Waals surface area contributed by atoms with Gasteiger partial charge in [0.25, 0.3) is 0 Å². The van der Waals surface area contributed by atoms with Crippen LogP contribution in [0.2, 0.25) is 0 Å². The van der Waals surface area contributed by atoms with Gasteiger partial charge in [-0.15, -0.1) is 0 Å². The van der Waals surface area contributed by atoms with E-state index >= 15 is 0 Å². The lowest BCUT2D eigenvalue weighted by Crippen LogP contribution is -2.42. The standard InChI is InChI=1S/C12H20/c1-2-5-9-10(6-3-1)12-8-4-7-11(9)12/h9-12H,1-8H2. The summed E-state index contributed by atoms with van der Waals surface area (Å²) in [6.45, 7) is 0. The highest BCUT2D eigenvalue weighted by atomic mass is 14.6. The molecule has 3 aliphatic carbocycles. The molecule has 3 saturated carbocycles. The summed E-state index contributed by atoms with van der Waals surface area (Å²) in [4.78, 5) is 0. The molecule has 0 aromatic carbocycles. The highest BCUT2D eigenvalue weighted by Gasteiger charge is 2.51. The molecule has 3 fully saturated rings. The normalized spacial score (nSPS) is 52.0. The highest BCUT2D eigenvalue weighted by molar-refractivity contribution is 5.00. The zero-order chi connectivity index (χ0) is 7.97. The molecular formula is C12H20. The van der Waals surface area contributed by atoms with Gasteiger partial charge in [-0.2, -0.15) is 0 Å². The molecule has 0 aromatic rings. The average molecular weight is 164 g/mol. The van der Waals surface area contributed by atoms with Gasteiger partial charge >= 0.3 is 0 Å². The maximum absolute atomic E-state index is 1.59. The van der Waals surface area contributed by atoms with Crippen LogP contribution in [0, 0.1) is 23.7 Å². The van der Waals surface area contributed by atoms with Crippen LogP contribution in [0.4, 0.5) is 0 Å². The second kappa shape index (κ2) is 2.75. The van der Waals surface area contributed by atoms with Crippen LogP contribution < -0.4 is 0 Å². The first-order chi connectivity index (χ1) is 5.97. The number of rotatable bonds is 0. The predicted octanol–water partition coefficient (Wildman–Crippen LogP) is 3.61. The minimum atomic E-state index is 1.19. The zero-order valence-corrected chi connectivity index (χ0v) is 7.97. The van der Waals surface area contributed by atoms with Crippen molar-refractivity contribution in [1.29, 1.82) is 0 Å². The van der Waals surface area contributed by atoms with Crippen molar-refractivity contribution in [2.45, 2.75) is 51.4 Å². The summed E-state index contributed by atoms with van der Waals surface area (Å²) in [6, 6.07) is 0. The first-order valence-corrected chi connectivity index (χ1v) is 5.97. The Bertz CT molecular complexity index is 155. The van der Waals surface area contributed by atoms with Crippen molar-refractivity contribution in [3.8, 4) is 0 Å². The Labute approximate surface area is 75.7 Å². The van der Waals surface area contributed by atoms with E-state index in [1.54, 1.807) is 44.9 Å². The van der Waals surface area contributed by atoms with E-state index in [4.69, 9.17) is 0 Å². The SMILES string of the molecule is C1CCC2C(CC1)C1CCCC21. The van der Waals surface area contributed by atoms with Crippen molar-refractivity contribution in [2.24, 2.45) is 23.7 Å². The monoisotopic (exact) mass is 164 g/mol. The smallest absolute Gasteiger partial charge is 0.0352 e. The summed E-state index contributed by atoms with van der Waals surface area (Å²) in [6.07, 6.45) is 12.5. The molecule has 0 amide bonds. The van der Waals surface area contributed by atoms with E-state index in [9.17, 15) is 0 Å². The van der Waals surface area contributed by atoms with E-state index in [-0.39, 0.29) is 0 Å². The molecule has 3 aliphatic rings. The van der Waals surface area contributed by atoms with Crippen LogP contribution in [-0.2, 0) is 0 Å². The first-order valence-electron chi connectivity index (χ1n) is 5.97. The molecule has 0 aromatic heterocycles. The summed E-state index contributed by atoms with van der Waals surface area (Å²) in [5.41, 5.74) is 0. The molecule has 0 radical (unpaired) electrons. The second-order valence-electron chi connectivity index (χ2n) is 5.22. The molecule has 0 N–H and O–H groups in total. The van der Waals surface area contributed by atoms with Crippen molar-refractivity contribution < 1.29 is 0 Å². The van der Waals surface area contributed by atoms with Crippen LogP contribution in [0.3, 0.4) is 0 Å². The largest absolute Gasteiger partial charge is 0.0533 e. The number of fused-ring (bicyclic) bond motifs is 4. The van der Waals surface area contributed by atoms with Gasteiger partial charge < -0.3 is 0 Å². The summed E-state index contributed by atoms with van der Waals surface area (Å²) in [7, 11) is 0. The topological polar surface area (TPSA) is 0 Å². The molecule has 0 nitrogen and oxygen atoms in total. The summed E-state index contributed by atoms with van der Waals surface area (Å²) in [5, 5.41) is 0. The van der Waals surface area contributed by atoms with Crippen molar-refractivity contribution in [1.82, 2.24) is 0 Å². The molecule has 4 atom stereocenters. The fraction of sp³-hybridized carbons (Fsp3) is 1.00. The van der Waals surface area contributed by atoms with Gasteiger partial charge in [0.2, 0.25) is 0 Å². The zero-order valence-electron chi connectivity index (χ0n) is 7.97. The molecule has 0 bridgehead atoms. The van der Waals surface area contributed by atoms with Crippen LogP contribution in [0.5, 0.6) is 0 Å². The highest BCUT2D eigenvalue weighted by Crippen LogP contribution is 2.59. The van der Waals surface area contributed by atoms with E-state index in [1.807, 2.05) is 0 Å². The molecule has 0 heteroatoms. The number of hydrogen-bond acceptors (Lipinski definition) is 0. The minimum absolute atomic E-state index is 1.19. The van der Waals surface area contributed by atoms with Gasteiger partial charge in [0.1, 0.15) is 0 Å². The van der Waals surface area contributed by atoms with E-state index in [0.29, 0.717) is 0 Å². The van der Waals surface area contributed by atoms with Crippen molar-refractivity contribution in [3.05, 3.63) is 0 Å². The molecule has 0 saturated heterocycles. The molecule has 3 rings (SSSR count). The Balaban J connectivity index is 1.75. The molecule has 0 heterocycles. The molecule has 68 valence electrons. The van der Waals surface area contributed by atoms with Crippen LogP contribution in [0.15, 0.2) is 0 Å². The third-order valence-electron chi connectivity index (χ3n) is 4.85. The summed E-state index contributed by atoms with van der Waals surface area (Å²) < 4.78 is 0. The lowest BCUT2D eigenvalue weighted by atomic mass is 9.56. The van der Waals surface area contributed by atoms with Gasteiger partial charge in [0.05, 0.1) is 0 Å². The Morgan fingerprint density at radius 2 is 0.833 bits per heavy atom. The van der Waals surface area contributed by atoms with E-state index in [1.165, 1.54) is 30.1 Å². The predicted molar refractivity (Wildman–Crippen MR) is 50.9 cm³/mol. The fourth-order valence-electron chi connectivity index (χ4n) is 4.36. The Hall–Kier alpha value is 0. The number of hydrogen-bond donors (Lipinski definition) is 0. The first kappa shape index (κ1) is 7.41. The third kappa shape index (κ3) is 0.900. The summed E-state index contributed by atoms with van der Waals surface area (Å²) in [5.74, 6) is 4.79. The Morgan fingerprint density at radius 3 is 1.33 bits per heavy atom. The maximum Gasteiger partial charge on any atom is -0.0352 e. The quantitative estimate of drug-likeness (QED) is 0.513. The lowest BCUT2D eigenvalue weighted by Gasteiger charge is -2.49. The van der Waals surface area contributed by atoms with Crippen LogP contribution in [-0.4, -0.2) is 0 Å². The lowest BCUT2D eigenvalue weighted by molar-refractivity contribution is -0.00282. The summed E-state index contributed by atoms with van der Waals surface area (Å²) >= 11 is 0. The van der Waals surface area contributed by atoms with Gasteiger partial charge in [-0.1, -0.05) is 25.7 Å². The van der Waals surface area contributed by atoms with E-state index in [0.717, 1.165) is 0 Å². The van der Waals surface area contributed by atoms with Crippen LogP contribution >= 0.6 is 0 Å². The third-order valence-corrected chi connectivity index (χ3v) is 4.85. The van der Waals surface area contributed by atoms with Crippen molar-refractivity contribution in [2.75, 3.05) is 0 Å². The van der Waals surface area contributed by atoms with Crippen LogP contribution in [0.1, 0.15) is 51.4 Å².